The quantitative estimate of drug-likeness (QED) is 0.478. The van der Waals surface area contributed by atoms with Crippen LogP contribution in [-0.2, 0) is 16.0 Å². The average molecular weight is 505 g/mol. The zero-order chi connectivity index (χ0) is 25.6. The van der Waals surface area contributed by atoms with Crippen molar-refractivity contribution in [3.05, 3.63) is 42.2 Å². The molecule has 1 saturated heterocycles. The maximum absolute atomic E-state index is 13.5. The summed E-state index contributed by atoms with van der Waals surface area (Å²) in [4.78, 5) is 26.8. The van der Waals surface area contributed by atoms with Crippen molar-refractivity contribution in [2.45, 2.75) is 64.6 Å². The summed E-state index contributed by atoms with van der Waals surface area (Å²) in [7, 11) is 0. The second kappa shape index (κ2) is 9.68. The van der Waals surface area contributed by atoms with Crippen LogP contribution in [0.15, 0.2) is 36.7 Å². The zero-order valence-electron chi connectivity index (χ0n) is 22.0. The smallest absolute Gasteiger partial charge is 0.421 e. The highest BCUT2D eigenvalue weighted by Gasteiger charge is 2.41. The molecule has 9 heteroatoms. The molecular formula is C28H36N6O3. The molecule has 9 nitrogen and oxygen atoms in total. The Labute approximate surface area is 217 Å². The van der Waals surface area contributed by atoms with Crippen molar-refractivity contribution >= 4 is 28.8 Å². The van der Waals surface area contributed by atoms with Crippen LogP contribution in [0.4, 0.5) is 16.4 Å². The van der Waals surface area contributed by atoms with E-state index in [4.69, 9.17) is 19.6 Å². The molecular weight excluding hydrogens is 468 g/mol. The third-order valence-electron chi connectivity index (χ3n) is 7.82. The predicted molar refractivity (Wildman–Crippen MR) is 141 cm³/mol. The Bertz CT molecular complexity index is 1260. The number of benzene rings is 1. The molecule has 1 aromatic carbocycles. The van der Waals surface area contributed by atoms with E-state index in [-0.39, 0.29) is 0 Å². The number of carbonyl (C=O) groups is 1. The van der Waals surface area contributed by atoms with E-state index in [1.165, 1.54) is 29.7 Å². The molecule has 37 heavy (non-hydrogen) atoms. The number of hydrogen-bond donors (Lipinski definition) is 0. The van der Waals surface area contributed by atoms with Crippen LogP contribution in [0.25, 0.3) is 11.0 Å². The number of rotatable bonds is 5. The minimum absolute atomic E-state index is 0.299. The van der Waals surface area contributed by atoms with Crippen molar-refractivity contribution < 1.29 is 14.3 Å². The van der Waals surface area contributed by atoms with Gasteiger partial charge in [-0.25, -0.2) is 19.4 Å². The van der Waals surface area contributed by atoms with Gasteiger partial charge in [-0.2, -0.15) is 10.1 Å². The van der Waals surface area contributed by atoms with Gasteiger partial charge in [0.2, 0.25) is 5.95 Å². The van der Waals surface area contributed by atoms with Crippen LogP contribution in [0.1, 0.15) is 58.1 Å². The third kappa shape index (κ3) is 5.07. The summed E-state index contributed by atoms with van der Waals surface area (Å²) in [6.45, 7) is 9.83. The Morgan fingerprint density at radius 1 is 1.11 bits per heavy atom. The Balaban J connectivity index is 1.32. The van der Waals surface area contributed by atoms with Crippen molar-refractivity contribution in [1.29, 1.82) is 0 Å². The lowest BCUT2D eigenvalue weighted by atomic mass is 9.95. The van der Waals surface area contributed by atoms with E-state index in [0.717, 1.165) is 56.2 Å². The number of ether oxygens (including phenoxy) is 2. The summed E-state index contributed by atoms with van der Waals surface area (Å²) >= 11 is 0. The fourth-order valence-corrected chi connectivity index (χ4v) is 6.07. The van der Waals surface area contributed by atoms with Crippen molar-refractivity contribution in [1.82, 2.24) is 24.6 Å². The zero-order valence-corrected chi connectivity index (χ0v) is 22.0. The number of aromatic nitrogens is 4. The molecule has 2 saturated carbocycles. The first-order valence-corrected chi connectivity index (χ1v) is 13.5. The summed E-state index contributed by atoms with van der Waals surface area (Å²) in [6.07, 6.45) is 8.12. The molecule has 196 valence electrons. The molecule has 2 aromatic heterocycles. The van der Waals surface area contributed by atoms with Crippen LogP contribution in [0, 0.1) is 11.8 Å². The number of amides is 1. The van der Waals surface area contributed by atoms with E-state index in [2.05, 4.69) is 26.7 Å². The second-order valence-electron chi connectivity index (χ2n) is 11.7. The highest BCUT2D eigenvalue weighted by atomic mass is 16.6. The first kappa shape index (κ1) is 24.3. The lowest BCUT2D eigenvalue weighted by Gasteiger charge is -2.28. The number of hydrogen-bond acceptors (Lipinski definition) is 7. The molecule has 0 N–H and O–H groups in total. The lowest BCUT2D eigenvalue weighted by Crippen LogP contribution is -2.36. The van der Waals surface area contributed by atoms with E-state index in [9.17, 15) is 4.79 Å². The fourth-order valence-electron chi connectivity index (χ4n) is 6.07. The van der Waals surface area contributed by atoms with Crippen LogP contribution in [0.2, 0.25) is 0 Å². The first-order valence-electron chi connectivity index (χ1n) is 13.5. The van der Waals surface area contributed by atoms with Crippen molar-refractivity contribution in [3.63, 3.8) is 0 Å². The summed E-state index contributed by atoms with van der Waals surface area (Å²) in [6, 6.07) is 8.37. The minimum Gasteiger partial charge on any atom is -0.443 e. The Morgan fingerprint density at radius 3 is 2.57 bits per heavy atom. The molecule has 1 amide bonds. The molecule has 2 bridgehead atoms. The monoisotopic (exact) mass is 504 g/mol. The van der Waals surface area contributed by atoms with Gasteiger partial charge in [0.05, 0.1) is 36.5 Å². The number of fused-ring (bicyclic) bond motifs is 3. The largest absolute Gasteiger partial charge is 0.443 e. The molecule has 3 aliphatic rings. The molecule has 0 unspecified atom stereocenters. The maximum Gasteiger partial charge on any atom is 0.421 e. The van der Waals surface area contributed by atoms with Crippen LogP contribution < -0.4 is 4.90 Å². The summed E-state index contributed by atoms with van der Waals surface area (Å²) in [5.74, 6) is 1.75. The van der Waals surface area contributed by atoms with Crippen molar-refractivity contribution in [2.75, 3.05) is 31.2 Å². The van der Waals surface area contributed by atoms with Gasteiger partial charge in [0.15, 0.2) is 5.65 Å². The maximum atomic E-state index is 13.5. The normalized spacial score (nSPS) is 24.0. The molecule has 0 radical (unpaired) electrons. The van der Waals surface area contributed by atoms with Gasteiger partial charge in [-0.05, 0) is 69.6 Å². The number of morpholine rings is 1. The number of nitrogens with zero attached hydrogens (tertiary/aromatic N) is 6. The van der Waals surface area contributed by atoms with Crippen LogP contribution >= 0.6 is 0 Å². The highest BCUT2D eigenvalue weighted by Crippen LogP contribution is 2.51. The summed E-state index contributed by atoms with van der Waals surface area (Å²) in [5, 5.41) is 5.59. The van der Waals surface area contributed by atoms with Crippen LogP contribution in [-0.4, -0.2) is 62.6 Å². The van der Waals surface area contributed by atoms with E-state index >= 15 is 0 Å². The van der Waals surface area contributed by atoms with E-state index in [1.54, 1.807) is 6.20 Å². The van der Waals surface area contributed by atoms with E-state index in [0.29, 0.717) is 23.6 Å². The molecule has 1 aliphatic heterocycles. The Hall–Kier alpha value is -3.04. The average Bonchev–Trinajstić information content (AvgIpc) is 3.60. The molecule has 2 aliphatic carbocycles. The lowest BCUT2D eigenvalue weighted by molar-refractivity contribution is 0.0342. The van der Waals surface area contributed by atoms with Crippen molar-refractivity contribution in [2.24, 2.45) is 11.8 Å². The first-order chi connectivity index (χ1) is 17.8. The summed E-state index contributed by atoms with van der Waals surface area (Å²) in [5.41, 5.74) is 1.98. The van der Waals surface area contributed by atoms with Gasteiger partial charge in [0.25, 0.3) is 0 Å². The number of anilines is 2. The van der Waals surface area contributed by atoms with Crippen molar-refractivity contribution in [3.8, 4) is 0 Å². The third-order valence-corrected chi connectivity index (χ3v) is 7.82. The molecule has 3 fully saturated rings. The predicted octanol–water partition coefficient (Wildman–Crippen LogP) is 5.09. The second-order valence-corrected chi connectivity index (χ2v) is 11.7. The molecule has 3 aromatic rings. The Morgan fingerprint density at radius 2 is 1.89 bits per heavy atom. The van der Waals surface area contributed by atoms with Gasteiger partial charge in [0, 0.05) is 25.8 Å². The van der Waals surface area contributed by atoms with Crippen LogP contribution in [0.5, 0.6) is 0 Å². The van der Waals surface area contributed by atoms with Crippen LogP contribution in [0.3, 0.4) is 0 Å². The molecule has 3 heterocycles. The highest BCUT2D eigenvalue weighted by molar-refractivity contribution is 5.95. The Kier molecular flexibility index (Phi) is 6.36. The topological polar surface area (TPSA) is 85.6 Å². The molecule has 6 rings (SSSR count). The van der Waals surface area contributed by atoms with Gasteiger partial charge >= 0.3 is 6.09 Å². The fraction of sp³-hybridized carbons (Fsp3) is 0.571. The summed E-state index contributed by atoms with van der Waals surface area (Å²) < 4.78 is 13.3. The SMILES string of the molecule is CC(C)(C)OC(=O)N(c1ccc(CN2CCOCC2)cc1)c1ncc2cnn([C@H]3C[C@H]4CC[C@@H]3C4)c2n1. The molecule has 0 spiro atoms. The van der Waals surface area contributed by atoms with Gasteiger partial charge in [0.1, 0.15) is 5.60 Å². The van der Waals surface area contributed by atoms with Gasteiger partial charge in [-0.15, -0.1) is 0 Å². The molecule has 3 atom stereocenters. The minimum atomic E-state index is -0.652. The standard InChI is InChI=1S/C28H36N6O3/c1-28(2,3)37-27(35)33(23-8-5-19(6-9-23)18-32-10-12-36-13-11-32)26-29-16-22-17-30-34(25(22)31-26)24-15-20-4-7-21(24)14-20/h5-6,8-9,16-17,20-21,24H,4,7,10-15,18H2,1-3H3/t20-,21+,24-/m0/s1. The van der Waals surface area contributed by atoms with Gasteiger partial charge in [-0.3, -0.25) is 4.90 Å². The number of carbonyl (C=O) groups excluding carboxylic acids is 1. The van der Waals surface area contributed by atoms with E-state index in [1.807, 2.05) is 39.1 Å². The van der Waals surface area contributed by atoms with Gasteiger partial charge in [-0.1, -0.05) is 18.6 Å². The van der Waals surface area contributed by atoms with E-state index < -0.39 is 11.7 Å². The van der Waals surface area contributed by atoms with Gasteiger partial charge < -0.3 is 9.47 Å².